The molecule has 28 heavy (non-hydrogen) atoms. The Morgan fingerprint density at radius 2 is 2.04 bits per heavy atom. The molecule has 0 radical (unpaired) electrons. The minimum atomic E-state index is -0.412. The van der Waals surface area contributed by atoms with E-state index in [1.807, 2.05) is 42.5 Å². The second-order valence-corrected chi connectivity index (χ2v) is 7.28. The fourth-order valence-corrected chi connectivity index (χ4v) is 3.95. The van der Waals surface area contributed by atoms with Crippen molar-refractivity contribution in [3.63, 3.8) is 0 Å². The third kappa shape index (κ3) is 2.52. The van der Waals surface area contributed by atoms with Crippen molar-refractivity contribution >= 4 is 15.9 Å². The predicted octanol–water partition coefficient (Wildman–Crippen LogP) is 3.79. The zero-order valence-corrected chi connectivity index (χ0v) is 16.0. The molecule has 2 aromatic carbocycles. The van der Waals surface area contributed by atoms with E-state index in [4.69, 9.17) is 19.9 Å². The molecule has 2 aliphatic rings. The number of nitrogens with one attached hydrogen (secondary N) is 1. The molecule has 0 fully saturated rings. The molecule has 138 valence electrons. The molecule has 0 saturated carbocycles. The van der Waals surface area contributed by atoms with Crippen molar-refractivity contribution < 1.29 is 14.2 Å². The Morgan fingerprint density at radius 1 is 1.18 bits per heavy atom. The van der Waals surface area contributed by atoms with Gasteiger partial charge in [-0.15, -0.1) is 5.10 Å². The zero-order chi connectivity index (χ0) is 19.3. The lowest BCUT2D eigenvalue weighted by molar-refractivity contribution is 0.174. The summed E-state index contributed by atoms with van der Waals surface area (Å²) in [4.78, 5) is 0. The first kappa shape index (κ1) is 16.7. The number of hydrogen-bond donors (Lipinski definition) is 2. The van der Waals surface area contributed by atoms with E-state index in [1.54, 1.807) is 0 Å². The lowest BCUT2D eigenvalue weighted by Gasteiger charge is -2.24. The Kier molecular flexibility index (Phi) is 3.77. The van der Waals surface area contributed by atoms with Crippen molar-refractivity contribution in [2.75, 3.05) is 6.79 Å². The predicted molar refractivity (Wildman–Crippen MR) is 104 cm³/mol. The molecule has 2 aliphatic heterocycles. The minimum Gasteiger partial charge on any atom is -0.454 e. The summed E-state index contributed by atoms with van der Waals surface area (Å²) in [7, 11) is 0. The average molecular weight is 437 g/mol. The summed E-state index contributed by atoms with van der Waals surface area (Å²) in [5.74, 6) is 1.36. The molecular weight excluding hydrogens is 424 g/mol. The summed E-state index contributed by atoms with van der Waals surface area (Å²) in [6, 6.07) is 15.6. The molecule has 5 rings (SSSR count). The SMILES string of the molecule is N#CC1=C(N)Oc2n[nH]c(-c3ccc4c(c3)OCO4)c2[C@@H]1c1cccc(Br)c1. The van der Waals surface area contributed by atoms with Gasteiger partial charge in [0.1, 0.15) is 11.6 Å². The molecule has 8 heteroatoms. The molecule has 0 amide bonds. The van der Waals surface area contributed by atoms with Crippen LogP contribution in [0.2, 0.25) is 0 Å². The van der Waals surface area contributed by atoms with Gasteiger partial charge in [-0.25, -0.2) is 0 Å². The lowest BCUT2D eigenvalue weighted by Crippen LogP contribution is -2.21. The molecule has 1 atom stereocenters. The van der Waals surface area contributed by atoms with Crippen LogP contribution in [0.25, 0.3) is 11.3 Å². The van der Waals surface area contributed by atoms with Crippen LogP contribution < -0.4 is 19.9 Å². The summed E-state index contributed by atoms with van der Waals surface area (Å²) in [6.45, 7) is 0.196. The second kappa shape index (κ2) is 6.32. The van der Waals surface area contributed by atoms with Crippen molar-refractivity contribution in [2.45, 2.75) is 5.92 Å². The Balaban J connectivity index is 1.71. The van der Waals surface area contributed by atoms with Gasteiger partial charge in [-0.1, -0.05) is 28.1 Å². The van der Waals surface area contributed by atoms with Crippen molar-refractivity contribution in [3.05, 3.63) is 69.5 Å². The molecule has 0 saturated heterocycles. The highest BCUT2D eigenvalue weighted by molar-refractivity contribution is 9.10. The number of benzene rings is 2. The highest BCUT2D eigenvalue weighted by atomic mass is 79.9. The smallest absolute Gasteiger partial charge is 0.244 e. The van der Waals surface area contributed by atoms with E-state index in [0.717, 1.165) is 26.9 Å². The normalized spacial score (nSPS) is 17.1. The van der Waals surface area contributed by atoms with Crippen LogP contribution in [-0.4, -0.2) is 17.0 Å². The Morgan fingerprint density at radius 3 is 2.86 bits per heavy atom. The summed E-state index contributed by atoms with van der Waals surface area (Å²) in [6.07, 6.45) is 0. The molecule has 1 aromatic heterocycles. The van der Waals surface area contributed by atoms with E-state index in [2.05, 4.69) is 32.2 Å². The Labute approximate surface area is 168 Å². The van der Waals surface area contributed by atoms with Gasteiger partial charge in [-0.2, -0.15) is 5.26 Å². The molecule has 0 unspecified atom stereocenters. The van der Waals surface area contributed by atoms with Crippen molar-refractivity contribution in [1.82, 2.24) is 10.2 Å². The van der Waals surface area contributed by atoms with Gasteiger partial charge in [-0.05, 0) is 35.9 Å². The van der Waals surface area contributed by atoms with E-state index in [0.29, 0.717) is 23.0 Å². The van der Waals surface area contributed by atoms with Crippen molar-refractivity contribution in [2.24, 2.45) is 5.73 Å². The van der Waals surface area contributed by atoms with Crippen LogP contribution in [0.5, 0.6) is 17.4 Å². The maximum Gasteiger partial charge on any atom is 0.244 e. The van der Waals surface area contributed by atoms with E-state index >= 15 is 0 Å². The van der Waals surface area contributed by atoms with Crippen LogP contribution >= 0.6 is 15.9 Å². The second-order valence-electron chi connectivity index (χ2n) is 6.37. The lowest BCUT2D eigenvalue weighted by atomic mass is 9.83. The zero-order valence-electron chi connectivity index (χ0n) is 14.4. The van der Waals surface area contributed by atoms with Gasteiger partial charge in [0, 0.05) is 10.0 Å². The number of fused-ring (bicyclic) bond motifs is 2. The first-order chi connectivity index (χ1) is 13.7. The first-order valence-corrected chi connectivity index (χ1v) is 9.26. The molecule has 3 N–H and O–H groups in total. The Bertz CT molecular complexity index is 1180. The van der Waals surface area contributed by atoms with Gasteiger partial charge in [-0.3, -0.25) is 5.10 Å². The third-order valence-corrected chi connectivity index (χ3v) is 5.28. The fourth-order valence-electron chi connectivity index (χ4n) is 3.54. The largest absolute Gasteiger partial charge is 0.454 e. The number of nitrogens with two attached hydrogens (primary N) is 1. The van der Waals surface area contributed by atoms with Gasteiger partial charge in [0.25, 0.3) is 0 Å². The van der Waals surface area contributed by atoms with Crippen LogP contribution in [0.3, 0.4) is 0 Å². The number of rotatable bonds is 2. The summed E-state index contributed by atoms with van der Waals surface area (Å²) in [5, 5.41) is 17.1. The highest BCUT2D eigenvalue weighted by Gasteiger charge is 2.36. The van der Waals surface area contributed by atoms with Gasteiger partial charge in [0.15, 0.2) is 11.5 Å². The summed E-state index contributed by atoms with van der Waals surface area (Å²) >= 11 is 3.50. The molecule has 0 spiro atoms. The first-order valence-electron chi connectivity index (χ1n) is 8.47. The maximum atomic E-state index is 9.77. The fraction of sp³-hybridized carbons (Fsp3) is 0.100. The standard InChI is InChI=1S/C20H13BrN4O3/c21-12-3-1-2-10(6-12)16-13(8-22)19(23)28-20-17(16)18(24-25-20)11-4-5-14-15(7-11)27-9-26-14/h1-7,16H,9,23H2,(H,24,25)/t16-/m1/s1. The number of hydrogen-bond acceptors (Lipinski definition) is 6. The van der Waals surface area contributed by atoms with Gasteiger partial charge >= 0.3 is 0 Å². The number of nitriles is 1. The number of H-pyrrole nitrogens is 1. The van der Waals surface area contributed by atoms with Crippen molar-refractivity contribution in [3.8, 4) is 34.7 Å². The van der Waals surface area contributed by atoms with Crippen LogP contribution in [0.1, 0.15) is 17.0 Å². The third-order valence-electron chi connectivity index (χ3n) is 4.78. The molecule has 3 aromatic rings. The number of aromatic nitrogens is 2. The number of ether oxygens (including phenoxy) is 3. The van der Waals surface area contributed by atoms with Crippen molar-refractivity contribution in [1.29, 1.82) is 5.26 Å². The van der Waals surface area contributed by atoms with E-state index < -0.39 is 5.92 Å². The average Bonchev–Trinajstić information content (AvgIpc) is 3.32. The molecule has 0 bridgehead atoms. The number of halogens is 1. The maximum absolute atomic E-state index is 9.77. The highest BCUT2D eigenvalue weighted by Crippen LogP contribution is 2.47. The number of nitrogens with zero attached hydrogens (tertiary/aromatic N) is 2. The van der Waals surface area contributed by atoms with Crippen LogP contribution in [-0.2, 0) is 0 Å². The molecule has 7 nitrogen and oxygen atoms in total. The van der Waals surface area contributed by atoms with E-state index in [-0.39, 0.29) is 12.7 Å². The van der Waals surface area contributed by atoms with E-state index in [1.165, 1.54) is 0 Å². The van der Waals surface area contributed by atoms with Crippen LogP contribution in [0, 0.1) is 11.3 Å². The van der Waals surface area contributed by atoms with E-state index in [9.17, 15) is 5.26 Å². The minimum absolute atomic E-state index is 0.0590. The van der Waals surface area contributed by atoms with Gasteiger partial charge < -0.3 is 19.9 Å². The number of allylic oxidation sites excluding steroid dienone is 1. The van der Waals surface area contributed by atoms with Gasteiger partial charge in [0.2, 0.25) is 18.6 Å². The van der Waals surface area contributed by atoms with Gasteiger partial charge in [0.05, 0.1) is 17.2 Å². The monoisotopic (exact) mass is 436 g/mol. The summed E-state index contributed by atoms with van der Waals surface area (Å²) in [5.41, 5.74) is 9.60. The Hall–Kier alpha value is -3.44. The summed E-state index contributed by atoms with van der Waals surface area (Å²) < 4.78 is 17.4. The molecular formula is C20H13BrN4O3. The van der Waals surface area contributed by atoms with Crippen LogP contribution in [0.4, 0.5) is 0 Å². The molecule has 0 aliphatic carbocycles. The molecule has 3 heterocycles. The number of aromatic amines is 1. The van der Waals surface area contributed by atoms with Crippen LogP contribution in [0.15, 0.2) is 58.4 Å². The quantitative estimate of drug-likeness (QED) is 0.632. The topological polar surface area (TPSA) is 106 Å².